The van der Waals surface area contributed by atoms with Crippen molar-refractivity contribution in [2.24, 2.45) is 28.9 Å². The third-order valence-corrected chi connectivity index (χ3v) is 6.30. The molecule has 1 atom stereocenters. The van der Waals surface area contributed by atoms with Gasteiger partial charge in [0.25, 0.3) is 0 Å². The minimum absolute atomic E-state index is 0.0252. The van der Waals surface area contributed by atoms with Gasteiger partial charge in [0.1, 0.15) is 0 Å². The van der Waals surface area contributed by atoms with Crippen molar-refractivity contribution in [1.82, 2.24) is 5.32 Å². The van der Waals surface area contributed by atoms with Crippen molar-refractivity contribution >= 4 is 5.91 Å². The Labute approximate surface area is 123 Å². The van der Waals surface area contributed by atoms with Crippen LogP contribution in [0.4, 0.5) is 0 Å². The third kappa shape index (κ3) is 2.61. The lowest BCUT2D eigenvalue weighted by Crippen LogP contribution is -2.56. The highest BCUT2D eigenvalue weighted by atomic mass is 16.1. The number of nitrogens with one attached hydrogen (secondary N) is 1. The summed E-state index contributed by atoms with van der Waals surface area (Å²) >= 11 is 0. The molecule has 3 N–H and O–H groups in total. The summed E-state index contributed by atoms with van der Waals surface area (Å²) < 4.78 is 0. The first kappa shape index (κ1) is 14.4. The highest BCUT2D eigenvalue weighted by Crippen LogP contribution is 2.61. The van der Waals surface area contributed by atoms with Gasteiger partial charge in [-0.05, 0) is 82.5 Å². The molecule has 4 rings (SSSR count). The second kappa shape index (κ2) is 4.72. The predicted octanol–water partition coefficient (Wildman–Crippen LogP) is 2.83. The molecule has 0 heterocycles. The molecule has 1 amide bonds. The van der Waals surface area contributed by atoms with Crippen LogP contribution in [-0.4, -0.2) is 17.5 Å². The monoisotopic (exact) mass is 278 g/mol. The molecule has 0 aromatic heterocycles. The lowest BCUT2D eigenvalue weighted by Gasteiger charge is -2.56. The molecule has 0 aliphatic heterocycles. The van der Waals surface area contributed by atoms with Crippen LogP contribution in [-0.2, 0) is 4.79 Å². The molecule has 0 aromatic carbocycles. The van der Waals surface area contributed by atoms with E-state index in [4.69, 9.17) is 5.73 Å². The van der Waals surface area contributed by atoms with Gasteiger partial charge in [0.15, 0.2) is 0 Å². The highest BCUT2D eigenvalue weighted by molar-refractivity contribution is 5.77. The van der Waals surface area contributed by atoms with Crippen LogP contribution in [0.15, 0.2) is 0 Å². The zero-order valence-corrected chi connectivity index (χ0v) is 13.2. The highest BCUT2D eigenvalue weighted by Gasteiger charge is 2.51. The summed E-state index contributed by atoms with van der Waals surface area (Å²) in [6, 6.07) is -0.0252. The summed E-state index contributed by atoms with van der Waals surface area (Å²) in [5.74, 6) is 2.95. The Hall–Kier alpha value is -0.570. The molecule has 4 aliphatic rings. The van der Waals surface area contributed by atoms with Gasteiger partial charge in [-0.25, -0.2) is 0 Å². The Morgan fingerprint density at radius 3 is 2.05 bits per heavy atom. The van der Waals surface area contributed by atoms with Crippen molar-refractivity contribution in [2.45, 2.75) is 77.3 Å². The number of carbonyl (C=O) groups excluding carboxylic acids is 1. The van der Waals surface area contributed by atoms with Crippen LogP contribution in [0.1, 0.15) is 65.7 Å². The first-order chi connectivity index (χ1) is 9.28. The number of amides is 1. The standard InChI is InChI=1S/C17H30N2O/c1-11(18)16(2,3)19-15(20)10-17-7-12-4-13(8-17)6-14(5-12)9-17/h11-14H,4-10,18H2,1-3H3,(H,19,20). The van der Waals surface area contributed by atoms with Crippen LogP contribution in [0.25, 0.3) is 0 Å². The zero-order valence-electron chi connectivity index (χ0n) is 13.2. The van der Waals surface area contributed by atoms with E-state index in [1.807, 2.05) is 20.8 Å². The average Bonchev–Trinajstić information content (AvgIpc) is 2.24. The fourth-order valence-corrected chi connectivity index (χ4v) is 5.36. The molecule has 0 aromatic rings. The molecule has 4 bridgehead atoms. The van der Waals surface area contributed by atoms with Crippen molar-refractivity contribution in [3.63, 3.8) is 0 Å². The smallest absolute Gasteiger partial charge is 0.221 e. The molecular weight excluding hydrogens is 248 g/mol. The van der Waals surface area contributed by atoms with Crippen LogP contribution in [0, 0.1) is 23.2 Å². The average molecular weight is 278 g/mol. The van der Waals surface area contributed by atoms with E-state index in [0.717, 1.165) is 24.2 Å². The Morgan fingerprint density at radius 2 is 1.65 bits per heavy atom. The van der Waals surface area contributed by atoms with E-state index in [1.165, 1.54) is 38.5 Å². The summed E-state index contributed by atoms with van der Waals surface area (Å²) in [6.07, 6.45) is 8.93. The van der Waals surface area contributed by atoms with Gasteiger partial charge in [0.2, 0.25) is 5.91 Å². The topological polar surface area (TPSA) is 55.1 Å². The fraction of sp³-hybridized carbons (Fsp3) is 0.941. The first-order valence-corrected chi connectivity index (χ1v) is 8.35. The van der Waals surface area contributed by atoms with Crippen molar-refractivity contribution in [2.75, 3.05) is 0 Å². The molecule has 0 radical (unpaired) electrons. The van der Waals surface area contributed by atoms with Gasteiger partial charge in [-0.3, -0.25) is 4.79 Å². The quantitative estimate of drug-likeness (QED) is 0.831. The summed E-state index contributed by atoms with van der Waals surface area (Å²) in [5.41, 5.74) is 5.98. The lowest BCUT2D eigenvalue weighted by atomic mass is 9.49. The SMILES string of the molecule is CC(N)C(C)(C)NC(=O)CC12CC3CC(CC(C3)C1)C2. The van der Waals surface area contributed by atoms with Gasteiger partial charge in [0, 0.05) is 18.0 Å². The molecule has 0 saturated heterocycles. The third-order valence-electron chi connectivity index (χ3n) is 6.30. The van der Waals surface area contributed by atoms with E-state index >= 15 is 0 Å². The largest absolute Gasteiger partial charge is 0.350 e. The zero-order chi connectivity index (χ0) is 14.5. The van der Waals surface area contributed by atoms with Crippen molar-refractivity contribution in [3.8, 4) is 0 Å². The maximum atomic E-state index is 12.5. The van der Waals surface area contributed by atoms with Crippen LogP contribution < -0.4 is 11.1 Å². The maximum Gasteiger partial charge on any atom is 0.221 e. The van der Waals surface area contributed by atoms with E-state index in [2.05, 4.69) is 5.32 Å². The number of hydrogen-bond donors (Lipinski definition) is 2. The summed E-state index contributed by atoms with van der Waals surface area (Å²) in [7, 11) is 0. The van der Waals surface area contributed by atoms with Crippen molar-refractivity contribution < 1.29 is 4.79 Å². The fourth-order valence-electron chi connectivity index (χ4n) is 5.36. The molecular formula is C17H30N2O. The second-order valence-corrected chi connectivity index (χ2v) is 8.65. The lowest BCUT2D eigenvalue weighted by molar-refractivity contribution is -0.131. The molecule has 20 heavy (non-hydrogen) atoms. The van der Waals surface area contributed by atoms with E-state index in [-0.39, 0.29) is 17.5 Å². The summed E-state index contributed by atoms with van der Waals surface area (Å²) in [6.45, 7) is 6.01. The van der Waals surface area contributed by atoms with E-state index in [1.54, 1.807) is 0 Å². The minimum Gasteiger partial charge on any atom is -0.350 e. The molecule has 114 valence electrons. The molecule has 3 heteroatoms. The van der Waals surface area contributed by atoms with Crippen LogP contribution in [0.2, 0.25) is 0 Å². The number of carbonyl (C=O) groups is 1. The second-order valence-electron chi connectivity index (χ2n) is 8.65. The van der Waals surface area contributed by atoms with E-state index < -0.39 is 0 Å². The molecule has 0 spiro atoms. The summed E-state index contributed by atoms with van der Waals surface area (Å²) in [5, 5.41) is 3.17. The van der Waals surface area contributed by atoms with Gasteiger partial charge >= 0.3 is 0 Å². The van der Waals surface area contributed by atoms with Gasteiger partial charge < -0.3 is 11.1 Å². The molecule has 4 aliphatic carbocycles. The predicted molar refractivity (Wildman–Crippen MR) is 81.1 cm³/mol. The first-order valence-electron chi connectivity index (χ1n) is 8.35. The molecule has 3 nitrogen and oxygen atoms in total. The van der Waals surface area contributed by atoms with Gasteiger partial charge in [-0.2, -0.15) is 0 Å². The maximum absolute atomic E-state index is 12.5. The Kier molecular flexibility index (Phi) is 3.39. The Bertz CT molecular complexity index is 365. The number of hydrogen-bond acceptors (Lipinski definition) is 2. The molecule has 1 unspecified atom stereocenters. The van der Waals surface area contributed by atoms with E-state index in [0.29, 0.717) is 5.41 Å². The van der Waals surface area contributed by atoms with Crippen LogP contribution in [0.3, 0.4) is 0 Å². The minimum atomic E-state index is -0.306. The van der Waals surface area contributed by atoms with Gasteiger partial charge in [-0.15, -0.1) is 0 Å². The molecule has 4 saturated carbocycles. The van der Waals surface area contributed by atoms with Crippen molar-refractivity contribution in [1.29, 1.82) is 0 Å². The van der Waals surface area contributed by atoms with Crippen LogP contribution in [0.5, 0.6) is 0 Å². The number of nitrogens with two attached hydrogens (primary N) is 1. The van der Waals surface area contributed by atoms with E-state index in [9.17, 15) is 4.79 Å². The Morgan fingerprint density at radius 1 is 1.20 bits per heavy atom. The summed E-state index contributed by atoms with van der Waals surface area (Å²) in [4.78, 5) is 12.5. The molecule has 4 fully saturated rings. The number of rotatable bonds is 4. The van der Waals surface area contributed by atoms with Gasteiger partial charge in [-0.1, -0.05) is 0 Å². The van der Waals surface area contributed by atoms with Crippen molar-refractivity contribution in [3.05, 3.63) is 0 Å². The van der Waals surface area contributed by atoms with Gasteiger partial charge in [0.05, 0.1) is 0 Å². The van der Waals surface area contributed by atoms with Crippen LogP contribution >= 0.6 is 0 Å². The normalized spacial score (nSPS) is 40.7. The Balaban J connectivity index is 1.64.